The maximum Gasteiger partial charge on any atom is 0.455 e. The molecule has 0 aliphatic carbocycles. The summed E-state index contributed by atoms with van der Waals surface area (Å²) < 4.78 is 47.0. The third-order valence-electron chi connectivity index (χ3n) is 0.522. The molecule has 2 N–H and O–H groups in total. The van der Waals surface area contributed by atoms with Crippen molar-refractivity contribution in [2.75, 3.05) is 6.61 Å². The molecule has 0 aromatic rings. The summed E-state index contributed by atoms with van der Waals surface area (Å²) in [5.41, 5.74) is 0. The third-order valence-corrected chi connectivity index (χ3v) is 2.75. The fraction of sp³-hybridized carbons (Fsp3) is 0.333. The van der Waals surface area contributed by atoms with Crippen LogP contribution in [0.5, 0.6) is 0 Å². The van der Waals surface area contributed by atoms with Crippen molar-refractivity contribution in [2.24, 2.45) is 0 Å². The van der Waals surface area contributed by atoms with Crippen LogP contribution in [-0.4, -0.2) is 19.9 Å². The molecule has 1 unspecified atom stereocenters. The van der Waals surface area contributed by atoms with Gasteiger partial charge < -0.3 is 4.89 Å². The van der Waals surface area contributed by atoms with E-state index >= 15 is 0 Å². The molecular weight excluding hydrogens is 212 g/mol. The summed E-state index contributed by atoms with van der Waals surface area (Å²) in [6, 6.07) is 0. The molecule has 1 atom stereocenters. The van der Waals surface area contributed by atoms with Gasteiger partial charge in [-0.25, -0.2) is 8.75 Å². The molecule has 12 heavy (non-hydrogen) atoms. The Hall–Kier alpha value is -0.450. The van der Waals surface area contributed by atoms with Crippen LogP contribution in [0, 0.1) is 12.3 Å². The minimum Gasteiger partial charge on any atom is -0.309 e. The van der Waals surface area contributed by atoms with E-state index in [0.29, 0.717) is 0 Å². The van der Waals surface area contributed by atoms with E-state index in [-0.39, 0.29) is 0 Å². The van der Waals surface area contributed by atoms with E-state index < -0.39 is 24.7 Å². The Labute approximate surface area is 68.6 Å². The zero-order valence-corrected chi connectivity index (χ0v) is 7.31. The topological polar surface area (TPSA) is 92.7 Å². The maximum atomic E-state index is 11.8. The van der Waals surface area contributed by atoms with Crippen molar-refractivity contribution in [3.8, 4) is 12.3 Å². The van der Waals surface area contributed by atoms with Crippen molar-refractivity contribution >= 4 is 18.1 Å². The maximum absolute atomic E-state index is 11.8. The number of rotatable bonds is 4. The predicted octanol–water partition coefficient (Wildman–Crippen LogP) is -0.459. The number of terminal acetylenes is 1. The van der Waals surface area contributed by atoms with Crippen LogP contribution in [0.4, 0.5) is 4.20 Å². The van der Waals surface area contributed by atoms with Gasteiger partial charge in [0, 0.05) is 0 Å². The molecule has 0 aliphatic rings. The molecular formula is C3H5FNO5PS. The highest BCUT2D eigenvalue weighted by atomic mass is 32.2. The average molecular weight is 217 g/mol. The molecule has 0 fully saturated rings. The van der Waals surface area contributed by atoms with Crippen molar-refractivity contribution < 1.29 is 26.3 Å². The van der Waals surface area contributed by atoms with Crippen LogP contribution in [0.15, 0.2) is 0 Å². The van der Waals surface area contributed by atoms with Crippen molar-refractivity contribution in [1.29, 1.82) is 0 Å². The zero-order chi connectivity index (χ0) is 9.83. The normalized spacial score (nSPS) is 16.4. The lowest BCUT2D eigenvalue weighted by Gasteiger charge is -2.03. The summed E-state index contributed by atoms with van der Waals surface area (Å²) in [4.78, 5) is 7.92. The fourth-order valence-electron chi connectivity index (χ4n) is 0.276. The zero-order valence-electron chi connectivity index (χ0n) is 5.60. The minimum absolute atomic E-state index is 0.644. The van der Waals surface area contributed by atoms with Gasteiger partial charge in [0.05, 0.1) is 0 Å². The van der Waals surface area contributed by atoms with E-state index in [1.54, 1.807) is 5.92 Å². The Balaban J connectivity index is 4.28. The van der Waals surface area contributed by atoms with E-state index in [1.807, 2.05) is 0 Å². The SMILES string of the molecule is C#CCOS(=O)(=O)NP(=O)(O)F. The van der Waals surface area contributed by atoms with Crippen LogP contribution in [0.2, 0.25) is 0 Å². The summed E-state index contributed by atoms with van der Waals surface area (Å²) in [6.45, 7) is -0.644. The van der Waals surface area contributed by atoms with Gasteiger partial charge in [-0.3, -0.25) is 0 Å². The highest BCUT2D eigenvalue weighted by molar-refractivity contribution is 7.90. The summed E-state index contributed by atoms with van der Waals surface area (Å²) in [7, 11) is -9.94. The highest BCUT2D eigenvalue weighted by Crippen LogP contribution is 2.37. The molecule has 0 heterocycles. The molecule has 0 saturated heterocycles. The largest absolute Gasteiger partial charge is 0.455 e. The lowest BCUT2D eigenvalue weighted by Crippen LogP contribution is -2.21. The molecule has 0 amide bonds. The second-order valence-electron chi connectivity index (χ2n) is 1.51. The molecule has 0 bridgehead atoms. The molecule has 0 rings (SSSR count). The Bertz CT molecular complexity index is 325. The first-order valence-electron chi connectivity index (χ1n) is 2.41. The number of hydrogen-bond donors (Lipinski definition) is 2. The highest BCUT2D eigenvalue weighted by Gasteiger charge is 2.25. The molecule has 70 valence electrons. The van der Waals surface area contributed by atoms with Gasteiger partial charge in [-0.15, -0.1) is 10.6 Å². The lowest BCUT2D eigenvalue weighted by atomic mass is 10.8. The molecule has 0 aromatic carbocycles. The van der Waals surface area contributed by atoms with Gasteiger partial charge in [0.1, 0.15) is 6.61 Å². The fourth-order valence-corrected chi connectivity index (χ4v) is 1.81. The monoisotopic (exact) mass is 217 g/mol. The van der Waals surface area contributed by atoms with Crippen LogP contribution in [0.25, 0.3) is 0 Å². The predicted molar refractivity (Wildman–Crippen MR) is 37.8 cm³/mol. The van der Waals surface area contributed by atoms with Crippen LogP contribution in [-0.2, 0) is 19.1 Å². The molecule has 0 spiro atoms. The Morgan fingerprint density at radius 1 is 1.75 bits per heavy atom. The summed E-state index contributed by atoms with van der Waals surface area (Å²) in [6.07, 6.45) is 4.61. The van der Waals surface area contributed by atoms with Gasteiger partial charge >= 0.3 is 18.1 Å². The van der Waals surface area contributed by atoms with Gasteiger partial charge in [-0.2, -0.15) is 8.42 Å². The first-order valence-corrected chi connectivity index (χ1v) is 5.37. The average Bonchev–Trinajstić information content (AvgIpc) is 1.78. The molecule has 0 saturated carbocycles. The Kier molecular flexibility index (Phi) is 3.83. The van der Waals surface area contributed by atoms with Gasteiger partial charge in [-0.05, 0) is 0 Å². The van der Waals surface area contributed by atoms with E-state index in [2.05, 4.69) is 10.6 Å². The third kappa shape index (κ3) is 6.27. The van der Waals surface area contributed by atoms with Crippen LogP contribution in [0.3, 0.4) is 0 Å². The van der Waals surface area contributed by atoms with Crippen molar-refractivity contribution in [3.05, 3.63) is 0 Å². The quantitative estimate of drug-likeness (QED) is 0.491. The number of nitrogens with one attached hydrogen (secondary N) is 1. The summed E-state index contributed by atoms with van der Waals surface area (Å²) >= 11 is 0. The minimum atomic E-state index is -5.36. The van der Waals surface area contributed by atoms with E-state index in [9.17, 15) is 17.2 Å². The number of halogens is 1. The first-order chi connectivity index (χ1) is 5.27. The molecule has 6 nitrogen and oxygen atoms in total. The van der Waals surface area contributed by atoms with Crippen LogP contribution >= 0.6 is 7.83 Å². The van der Waals surface area contributed by atoms with Gasteiger partial charge in [0.15, 0.2) is 0 Å². The molecule has 0 aromatic heterocycles. The standard InChI is InChI=1S/C3H5FNO5PS/c1-2-3-10-12(8,9)5-11(4,6)7/h1H,3H2,(H2,5,6,7). The van der Waals surface area contributed by atoms with Crippen molar-refractivity contribution in [3.63, 3.8) is 0 Å². The van der Waals surface area contributed by atoms with Gasteiger partial charge in [0.25, 0.3) is 0 Å². The first kappa shape index (κ1) is 11.6. The summed E-state index contributed by atoms with van der Waals surface area (Å²) in [5, 5.41) is 0. The van der Waals surface area contributed by atoms with Crippen LogP contribution < -0.4 is 4.49 Å². The molecule has 9 heteroatoms. The van der Waals surface area contributed by atoms with E-state index in [4.69, 9.17) is 4.89 Å². The Morgan fingerprint density at radius 3 is 2.58 bits per heavy atom. The van der Waals surface area contributed by atoms with E-state index in [1.165, 1.54) is 0 Å². The van der Waals surface area contributed by atoms with Crippen LogP contribution in [0.1, 0.15) is 0 Å². The Morgan fingerprint density at radius 2 is 2.25 bits per heavy atom. The van der Waals surface area contributed by atoms with Crippen molar-refractivity contribution in [2.45, 2.75) is 0 Å². The smallest absolute Gasteiger partial charge is 0.309 e. The second kappa shape index (κ2) is 3.98. The van der Waals surface area contributed by atoms with Gasteiger partial charge in [-0.1, -0.05) is 10.4 Å². The molecule has 0 aliphatic heterocycles. The van der Waals surface area contributed by atoms with Crippen molar-refractivity contribution in [1.82, 2.24) is 4.49 Å². The molecule has 0 radical (unpaired) electrons. The second-order valence-corrected chi connectivity index (χ2v) is 4.39. The summed E-state index contributed by atoms with van der Waals surface area (Å²) in [5.74, 6) is 1.77. The lowest BCUT2D eigenvalue weighted by molar-refractivity contribution is 0.354. The van der Waals surface area contributed by atoms with Gasteiger partial charge in [0.2, 0.25) is 0 Å². The van der Waals surface area contributed by atoms with E-state index in [0.717, 1.165) is 4.49 Å². The number of hydrogen-bond acceptors (Lipinski definition) is 4.